The Balaban J connectivity index is 1.90. The van der Waals surface area contributed by atoms with Crippen molar-refractivity contribution in [1.82, 2.24) is 19.7 Å². The molecular weight excluding hydrogens is 302 g/mol. The molecule has 24 heavy (non-hydrogen) atoms. The molecule has 0 unspecified atom stereocenters. The molecule has 1 amide bonds. The molecular formula is C18H19N5O. The molecule has 0 radical (unpaired) electrons. The van der Waals surface area contributed by atoms with E-state index in [0.29, 0.717) is 5.69 Å². The predicted molar refractivity (Wildman–Crippen MR) is 92.5 cm³/mol. The molecule has 1 N–H and O–H groups in total. The van der Waals surface area contributed by atoms with Crippen molar-refractivity contribution in [2.75, 3.05) is 5.32 Å². The molecule has 0 atom stereocenters. The van der Waals surface area contributed by atoms with Crippen molar-refractivity contribution in [3.05, 3.63) is 65.0 Å². The van der Waals surface area contributed by atoms with E-state index in [4.69, 9.17) is 0 Å². The van der Waals surface area contributed by atoms with E-state index in [1.54, 1.807) is 6.20 Å². The van der Waals surface area contributed by atoms with Crippen LogP contribution in [0.15, 0.2) is 36.7 Å². The second-order valence-corrected chi connectivity index (χ2v) is 5.79. The van der Waals surface area contributed by atoms with Crippen LogP contribution < -0.4 is 5.32 Å². The maximum absolute atomic E-state index is 12.4. The highest BCUT2D eigenvalue weighted by Gasteiger charge is 2.17. The highest BCUT2D eigenvalue weighted by atomic mass is 16.1. The fourth-order valence-corrected chi connectivity index (χ4v) is 2.45. The number of carbonyl (C=O) groups is 1. The topological polar surface area (TPSA) is 72.7 Å². The quantitative estimate of drug-likeness (QED) is 0.804. The molecule has 6 nitrogen and oxygen atoms in total. The van der Waals surface area contributed by atoms with Crippen molar-refractivity contribution in [3.63, 3.8) is 0 Å². The van der Waals surface area contributed by atoms with Gasteiger partial charge in [-0.05, 0) is 39.8 Å². The van der Waals surface area contributed by atoms with E-state index in [1.165, 1.54) is 11.8 Å². The van der Waals surface area contributed by atoms with Crippen molar-refractivity contribution in [1.29, 1.82) is 0 Å². The molecule has 3 aromatic rings. The van der Waals surface area contributed by atoms with Gasteiger partial charge in [0.2, 0.25) is 0 Å². The molecule has 0 aliphatic carbocycles. The van der Waals surface area contributed by atoms with E-state index in [1.807, 2.05) is 56.6 Å². The molecule has 3 rings (SSSR count). The minimum atomic E-state index is -0.294. The third-order valence-electron chi connectivity index (χ3n) is 3.82. The first-order valence-electron chi connectivity index (χ1n) is 7.69. The second kappa shape index (κ2) is 6.23. The first kappa shape index (κ1) is 15.9. The average Bonchev–Trinajstić information content (AvgIpc) is 2.84. The van der Waals surface area contributed by atoms with Crippen LogP contribution in [0, 0.1) is 27.7 Å². The number of anilines is 1. The summed E-state index contributed by atoms with van der Waals surface area (Å²) in [6.45, 7) is 7.66. The van der Waals surface area contributed by atoms with Crippen molar-refractivity contribution >= 4 is 11.6 Å². The van der Waals surface area contributed by atoms with E-state index in [9.17, 15) is 4.79 Å². The zero-order valence-electron chi connectivity index (χ0n) is 14.2. The summed E-state index contributed by atoms with van der Waals surface area (Å²) >= 11 is 0. The highest BCUT2D eigenvalue weighted by Crippen LogP contribution is 2.23. The van der Waals surface area contributed by atoms with Crippen LogP contribution in [0.3, 0.4) is 0 Å². The number of hydrogen-bond donors (Lipinski definition) is 1. The number of hydrogen-bond acceptors (Lipinski definition) is 4. The Labute approximate surface area is 140 Å². The molecule has 0 aliphatic heterocycles. The van der Waals surface area contributed by atoms with Gasteiger partial charge >= 0.3 is 0 Å². The molecule has 122 valence electrons. The van der Waals surface area contributed by atoms with E-state index in [2.05, 4.69) is 20.4 Å². The average molecular weight is 321 g/mol. The van der Waals surface area contributed by atoms with Gasteiger partial charge in [-0.3, -0.25) is 9.78 Å². The van der Waals surface area contributed by atoms with Gasteiger partial charge in [-0.15, -0.1) is 0 Å². The zero-order valence-corrected chi connectivity index (χ0v) is 14.2. The molecule has 0 aliphatic rings. The molecule has 0 spiro atoms. The van der Waals surface area contributed by atoms with Gasteiger partial charge in [0.05, 0.1) is 34.7 Å². The van der Waals surface area contributed by atoms with Crippen molar-refractivity contribution in [3.8, 4) is 5.69 Å². The van der Waals surface area contributed by atoms with Crippen LogP contribution in [0.1, 0.15) is 33.1 Å². The van der Waals surface area contributed by atoms with Gasteiger partial charge < -0.3 is 5.32 Å². The summed E-state index contributed by atoms with van der Waals surface area (Å²) in [5.41, 5.74) is 5.51. The first-order chi connectivity index (χ1) is 11.5. The summed E-state index contributed by atoms with van der Waals surface area (Å²) in [5.74, 6) is -0.294. The van der Waals surface area contributed by atoms with Gasteiger partial charge in [0, 0.05) is 6.20 Å². The van der Waals surface area contributed by atoms with Gasteiger partial charge in [-0.2, -0.15) is 5.10 Å². The molecule has 0 fully saturated rings. The standard InChI is InChI=1S/C18H19N5O/c1-11-5-7-15(8-6-11)23-14(4)17(13(3)22-23)21-18(24)16-10-19-12(2)9-20-16/h5-10H,1-4H3,(H,21,24). The first-order valence-corrected chi connectivity index (χ1v) is 7.69. The summed E-state index contributed by atoms with van der Waals surface area (Å²) in [6, 6.07) is 8.08. The second-order valence-electron chi connectivity index (χ2n) is 5.79. The molecule has 6 heteroatoms. The van der Waals surface area contributed by atoms with Crippen LogP contribution in [0.2, 0.25) is 0 Å². The summed E-state index contributed by atoms with van der Waals surface area (Å²) < 4.78 is 1.82. The summed E-state index contributed by atoms with van der Waals surface area (Å²) in [7, 11) is 0. The summed E-state index contributed by atoms with van der Waals surface area (Å²) in [4.78, 5) is 20.6. The lowest BCUT2D eigenvalue weighted by atomic mass is 10.2. The SMILES string of the molecule is Cc1ccc(-n2nc(C)c(NC(=O)c3cnc(C)cn3)c2C)cc1. The minimum absolute atomic E-state index is 0.280. The number of benzene rings is 1. The van der Waals surface area contributed by atoms with Crippen LogP contribution in [0.4, 0.5) is 5.69 Å². The molecule has 2 heterocycles. The molecule has 0 saturated heterocycles. The Bertz CT molecular complexity index is 879. The largest absolute Gasteiger partial charge is 0.317 e. The Morgan fingerprint density at radius 2 is 1.71 bits per heavy atom. The third-order valence-corrected chi connectivity index (χ3v) is 3.82. The maximum Gasteiger partial charge on any atom is 0.275 e. The Morgan fingerprint density at radius 1 is 1.00 bits per heavy atom. The maximum atomic E-state index is 12.4. The summed E-state index contributed by atoms with van der Waals surface area (Å²) in [6.07, 6.45) is 3.05. The Morgan fingerprint density at radius 3 is 2.33 bits per heavy atom. The fourth-order valence-electron chi connectivity index (χ4n) is 2.45. The van der Waals surface area contributed by atoms with Gasteiger partial charge in [0.1, 0.15) is 5.69 Å². The number of carbonyl (C=O) groups excluding carboxylic acids is 1. The van der Waals surface area contributed by atoms with E-state index in [-0.39, 0.29) is 11.6 Å². The van der Waals surface area contributed by atoms with Gasteiger partial charge in [0.25, 0.3) is 5.91 Å². The summed E-state index contributed by atoms with van der Waals surface area (Å²) in [5, 5.41) is 7.43. The number of nitrogens with zero attached hydrogens (tertiary/aromatic N) is 4. The van der Waals surface area contributed by atoms with Crippen LogP contribution in [0.5, 0.6) is 0 Å². The molecule has 0 bridgehead atoms. The van der Waals surface area contributed by atoms with Gasteiger partial charge in [-0.25, -0.2) is 9.67 Å². The normalized spacial score (nSPS) is 10.7. The predicted octanol–water partition coefficient (Wildman–Crippen LogP) is 3.15. The molecule has 1 aromatic carbocycles. The van der Waals surface area contributed by atoms with E-state index >= 15 is 0 Å². The van der Waals surface area contributed by atoms with Gasteiger partial charge in [-0.1, -0.05) is 17.7 Å². The van der Waals surface area contributed by atoms with Crippen LogP contribution in [-0.4, -0.2) is 25.7 Å². The van der Waals surface area contributed by atoms with Crippen LogP contribution in [-0.2, 0) is 0 Å². The van der Waals surface area contributed by atoms with Crippen molar-refractivity contribution in [2.45, 2.75) is 27.7 Å². The fraction of sp³-hybridized carbons (Fsp3) is 0.222. The monoisotopic (exact) mass is 321 g/mol. The lowest BCUT2D eigenvalue weighted by Crippen LogP contribution is -2.15. The Kier molecular flexibility index (Phi) is 4.12. The van der Waals surface area contributed by atoms with Crippen molar-refractivity contribution in [2.24, 2.45) is 0 Å². The van der Waals surface area contributed by atoms with Gasteiger partial charge in [0.15, 0.2) is 0 Å². The molecule has 2 aromatic heterocycles. The van der Waals surface area contributed by atoms with Crippen molar-refractivity contribution < 1.29 is 4.79 Å². The number of nitrogens with one attached hydrogen (secondary N) is 1. The third kappa shape index (κ3) is 3.03. The number of aromatic nitrogens is 4. The number of amides is 1. The number of rotatable bonds is 3. The lowest BCUT2D eigenvalue weighted by Gasteiger charge is -2.07. The highest BCUT2D eigenvalue weighted by molar-refractivity contribution is 6.03. The van der Waals surface area contributed by atoms with Crippen LogP contribution in [0.25, 0.3) is 5.69 Å². The minimum Gasteiger partial charge on any atom is -0.317 e. The smallest absolute Gasteiger partial charge is 0.275 e. The zero-order chi connectivity index (χ0) is 17.3. The lowest BCUT2D eigenvalue weighted by molar-refractivity contribution is 0.102. The van der Waals surface area contributed by atoms with E-state index in [0.717, 1.165) is 22.8 Å². The Hall–Kier alpha value is -3.02. The number of aryl methyl sites for hydroxylation is 3. The molecule has 0 saturated carbocycles. The van der Waals surface area contributed by atoms with Crippen LogP contribution >= 0.6 is 0 Å². The van der Waals surface area contributed by atoms with E-state index < -0.39 is 0 Å².